The molecule has 0 saturated carbocycles. The summed E-state index contributed by atoms with van der Waals surface area (Å²) in [5.41, 5.74) is 1.47. The fraction of sp³-hybridized carbons (Fsp3) is 0.250. The van der Waals surface area contributed by atoms with Gasteiger partial charge >= 0.3 is 5.97 Å². The van der Waals surface area contributed by atoms with Gasteiger partial charge < -0.3 is 10.2 Å². The van der Waals surface area contributed by atoms with Gasteiger partial charge in [-0.2, -0.15) is 0 Å². The quantitative estimate of drug-likeness (QED) is 0.478. The lowest BCUT2D eigenvalue weighted by atomic mass is 9.76. The molecule has 178 valence electrons. The monoisotopic (exact) mass is 470 g/mol. The van der Waals surface area contributed by atoms with Gasteiger partial charge in [0.15, 0.2) is 0 Å². The fourth-order valence-corrected chi connectivity index (χ4v) is 5.56. The highest BCUT2D eigenvalue weighted by Gasteiger charge is 2.68. The fourth-order valence-electron chi connectivity index (χ4n) is 5.56. The van der Waals surface area contributed by atoms with E-state index in [9.17, 15) is 24.6 Å². The molecule has 2 saturated heterocycles. The zero-order valence-electron chi connectivity index (χ0n) is 19.2. The van der Waals surface area contributed by atoms with E-state index in [4.69, 9.17) is 0 Å². The van der Waals surface area contributed by atoms with Crippen LogP contribution in [0.4, 0.5) is 0 Å². The third kappa shape index (κ3) is 3.78. The number of amides is 2. The van der Waals surface area contributed by atoms with E-state index in [1.807, 2.05) is 61.5 Å². The smallest absolute Gasteiger partial charge is 0.325 e. The Bertz CT molecular complexity index is 1290. The van der Waals surface area contributed by atoms with E-state index >= 15 is 0 Å². The lowest BCUT2D eigenvalue weighted by Crippen LogP contribution is -2.57. The van der Waals surface area contributed by atoms with Crippen LogP contribution in [0.1, 0.15) is 28.3 Å². The molecule has 2 amide bonds. The number of imide groups is 1. The first-order valence-electron chi connectivity index (χ1n) is 11.6. The van der Waals surface area contributed by atoms with Gasteiger partial charge in [-0.1, -0.05) is 66.7 Å². The van der Waals surface area contributed by atoms with Gasteiger partial charge in [0.1, 0.15) is 11.3 Å². The molecule has 7 heteroatoms. The molecule has 2 heterocycles. The van der Waals surface area contributed by atoms with Crippen LogP contribution in [-0.2, 0) is 27.3 Å². The molecule has 2 aliphatic heterocycles. The molecule has 35 heavy (non-hydrogen) atoms. The topological polar surface area (TPSA) is 107 Å². The van der Waals surface area contributed by atoms with Crippen molar-refractivity contribution in [3.05, 3.63) is 101 Å². The summed E-state index contributed by atoms with van der Waals surface area (Å²) in [4.78, 5) is 41.7. The van der Waals surface area contributed by atoms with E-state index in [1.165, 1.54) is 17.0 Å². The largest absolute Gasteiger partial charge is 0.508 e. The van der Waals surface area contributed by atoms with E-state index in [2.05, 4.69) is 5.32 Å². The molecule has 4 atom stereocenters. The third-order valence-electron chi connectivity index (χ3n) is 7.25. The minimum Gasteiger partial charge on any atom is -0.508 e. The Balaban J connectivity index is 1.61. The first kappa shape index (κ1) is 22.8. The van der Waals surface area contributed by atoms with Crippen LogP contribution in [0, 0.1) is 18.8 Å². The number of aromatic hydroxyl groups is 1. The van der Waals surface area contributed by atoms with Crippen molar-refractivity contribution in [3.63, 3.8) is 0 Å². The number of phenolic OH excluding ortho intramolecular Hbond substituents is 1. The maximum absolute atomic E-state index is 13.8. The SMILES string of the molecule is Cc1ccccc1C1NC(Cc2ccc(O)cc2)(C(=O)O)C2C(=O)N(Cc3ccccc3)C(=O)C12. The predicted molar refractivity (Wildman–Crippen MR) is 128 cm³/mol. The molecule has 0 bridgehead atoms. The number of carboxylic acids is 1. The standard InChI is InChI=1S/C28H26N2O5/c1-17-7-5-6-10-21(17)24-22-23(26(33)30(25(22)32)16-19-8-3-2-4-9-19)28(29-24,27(34)35)15-18-11-13-20(31)14-12-18/h2-14,22-24,29,31H,15-16H2,1H3,(H,34,35). The number of rotatable bonds is 6. The number of nitrogens with zero attached hydrogens (tertiary/aromatic N) is 1. The van der Waals surface area contributed by atoms with Gasteiger partial charge in [-0.3, -0.25) is 24.6 Å². The number of hydrogen-bond acceptors (Lipinski definition) is 5. The summed E-state index contributed by atoms with van der Waals surface area (Å²) in [5.74, 6) is -3.88. The van der Waals surface area contributed by atoms with E-state index < -0.39 is 35.3 Å². The number of benzene rings is 3. The molecule has 0 aliphatic carbocycles. The van der Waals surface area contributed by atoms with E-state index in [1.54, 1.807) is 12.1 Å². The predicted octanol–water partition coefficient (Wildman–Crippen LogP) is 3.21. The van der Waals surface area contributed by atoms with E-state index in [0.29, 0.717) is 5.56 Å². The molecule has 3 aromatic rings. The second kappa shape index (κ2) is 8.67. The van der Waals surface area contributed by atoms with E-state index in [-0.39, 0.29) is 24.6 Å². The number of carboxylic acid groups (broad SMARTS) is 1. The maximum Gasteiger partial charge on any atom is 0.325 e. The number of fused-ring (bicyclic) bond motifs is 1. The number of carbonyl (C=O) groups excluding carboxylic acids is 2. The van der Waals surface area contributed by atoms with Crippen LogP contribution >= 0.6 is 0 Å². The molecule has 0 spiro atoms. The summed E-state index contributed by atoms with van der Waals surface area (Å²) in [6.45, 7) is 2.01. The first-order chi connectivity index (χ1) is 16.8. The van der Waals surface area contributed by atoms with Crippen molar-refractivity contribution in [1.82, 2.24) is 10.2 Å². The van der Waals surface area contributed by atoms with Gasteiger partial charge in [-0.25, -0.2) is 0 Å². The Kier molecular flexibility index (Phi) is 5.65. The lowest BCUT2D eigenvalue weighted by Gasteiger charge is -2.31. The van der Waals surface area contributed by atoms with Crippen LogP contribution in [0.5, 0.6) is 5.75 Å². The maximum atomic E-state index is 13.8. The zero-order chi connectivity index (χ0) is 24.7. The molecule has 5 rings (SSSR count). The van der Waals surface area contributed by atoms with Crippen molar-refractivity contribution >= 4 is 17.8 Å². The van der Waals surface area contributed by atoms with Crippen LogP contribution in [0.3, 0.4) is 0 Å². The second-order valence-corrected chi connectivity index (χ2v) is 9.35. The van der Waals surface area contributed by atoms with Crippen LogP contribution in [0.2, 0.25) is 0 Å². The van der Waals surface area contributed by atoms with Gasteiger partial charge in [-0.15, -0.1) is 0 Å². The minimum atomic E-state index is -1.69. The number of nitrogens with one attached hydrogen (secondary N) is 1. The van der Waals surface area contributed by atoms with Crippen molar-refractivity contribution in [2.45, 2.75) is 31.5 Å². The highest BCUT2D eigenvalue weighted by Crippen LogP contribution is 2.50. The Morgan fingerprint density at radius 1 is 0.914 bits per heavy atom. The summed E-state index contributed by atoms with van der Waals surface area (Å²) in [6, 6.07) is 22.4. The summed E-state index contributed by atoms with van der Waals surface area (Å²) < 4.78 is 0. The first-order valence-corrected chi connectivity index (χ1v) is 11.6. The highest BCUT2D eigenvalue weighted by molar-refractivity contribution is 6.09. The van der Waals surface area contributed by atoms with Crippen LogP contribution in [0.15, 0.2) is 78.9 Å². The molecule has 0 aromatic heterocycles. The number of phenols is 1. The molecule has 7 nitrogen and oxygen atoms in total. The minimum absolute atomic E-state index is 0.00957. The molecule has 2 aliphatic rings. The number of aliphatic carboxylic acids is 1. The highest BCUT2D eigenvalue weighted by atomic mass is 16.4. The van der Waals surface area contributed by atoms with Crippen LogP contribution in [-0.4, -0.2) is 38.4 Å². The van der Waals surface area contributed by atoms with Crippen LogP contribution in [0.25, 0.3) is 0 Å². The number of likely N-dealkylation sites (tertiary alicyclic amines) is 1. The second-order valence-electron chi connectivity index (χ2n) is 9.35. The van der Waals surface area contributed by atoms with E-state index in [0.717, 1.165) is 16.7 Å². The van der Waals surface area contributed by atoms with Crippen molar-refractivity contribution in [1.29, 1.82) is 0 Å². The zero-order valence-corrected chi connectivity index (χ0v) is 19.2. The molecule has 0 radical (unpaired) electrons. The molecular formula is C28H26N2O5. The summed E-state index contributed by atoms with van der Waals surface area (Å²) in [6.07, 6.45) is -0.00957. The van der Waals surface area contributed by atoms with Gasteiger partial charge in [0.25, 0.3) is 0 Å². The number of hydrogen-bond donors (Lipinski definition) is 3. The van der Waals surface area contributed by atoms with Crippen molar-refractivity contribution in [2.75, 3.05) is 0 Å². The van der Waals surface area contributed by atoms with Crippen molar-refractivity contribution in [2.24, 2.45) is 11.8 Å². The number of carbonyl (C=O) groups is 3. The van der Waals surface area contributed by atoms with Gasteiger partial charge in [0.2, 0.25) is 11.8 Å². The van der Waals surface area contributed by atoms with Gasteiger partial charge in [-0.05, 0) is 41.3 Å². The van der Waals surface area contributed by atoms with Gasteiger partial charge in [0, 0.05) is 12.5 Å². The average molecular weight is 471 g/mol. The number of aryl methyl sites for hydroxylation is 1. The Hall–Kier alpha value is -3.97. The molecule has 3 aromatic carbocycles. The lowest BCUT2D eigenvalue weighted by molar-refractivity contribution is -0.151. The summed E-state index contributed by atoms with van der Waals surface area (Å²) in [7, 11) is 0. The Morgan fingerprint density at radius 3 is 2.23 bits per heavy atom. The molecule has 3 N–H and O–H groups in total. The summed E-state index contributed by atoms with van der Waals surface area (Å²) in [5, 5.41) is 23.5. The third-order valence-corrected chi connectivity index (χ3v) is 7.25. The van der Waals surface area contributed by atoms with Gasteiger partial charge in [0.05, 0.1) is 18.4 Å². The van der Waals surface area contributed by atoms with Crippen molar-refractivity contribution < 1.29 is 24.6 Å². The van der Waals surface area contributed by atoms with Crippen LogP contribution < -0.4 is 5.32 Å². The summed E-state index contributed by atoms with van der Waals surface area (Å²) >= 11 is 0. The molecule has 2 fully saturated rings. The molecular weight excluding hydrogens is 444 g/mol. The average Bonchev–Trinajstić information content (AvgIpc) is 3.31. The van der Waals surface area contributed by atoms with Crippen molar-refractivity contribution in [3.8, 4) is 5.75 Å². The normalized spacial score (nSPS) is 25.6. The Labute approximate surface area is 203 Å². The molecule has 4 unspecified atom stereocenters. The Morgan fingerprint density at radius 2 is 1.57 bits per heavy atom.